The van der Waals surface area contributed by atoms with E-state index in [2.05, 4.69) is 4.99 Å². The van der Waals surface area contributed by atoms with Crippen LogP contribution in [0.1, 0.15) is 4.88 Å². The Kier molecular flexibility index (Phi) is 3.24. The second-order valence-electron chi connectivity index (χ2n) is 4.82. The van der Waals surface area contributed by atoms with Crippen molar-refractivity contribution in [2.75, 3.05) is 7.11 Å². The summed E-state index contributed by atoms with van der Waals surface area (Å²) in [6, 6.07) is 8.83. The van der Waals surface area contributed by atoms with Gasteiger partial charge in [0.15, 0.2) is 11.2 Å². The largest absolute Gasteiger partial charge is 0.490 e. The monoisotopic (exact) mass is 325 g/mol. The first-order valence-electron chi connectivity index (χ1n) is 6.86. The van der Waals surface area contributed by atoms with Gasteiger partial charge < -0.3 is 13.6 Å². The van der Waals surface area contributed by atoms with Crippen LogP contribution in [0.15, 0.2) is 60.6 Å². The van der Waals surface area contributed by atoms with E-state index in [-0.39, 0.29) is 0 Å². The highest BCUT2D eigenvalue weighted by Crippen LogP contribution is 2.42. The lowest BCUT2D eigenvalue weighted by molar-refractivity contribution is 0.403. The third-order valence-corrected chi connectivity index (χ3v) is 4.30. The number of hydrogen-bond donors (Lipinski definition) is 0. The number of fused-ring (bicyclic) bond motifs is 2. The van der Waals surface area contributed by atoms with E-state index in [1.165, 1.54) is 13.2 Å². The van der Waals surface area contributed by atoms with Crippen LogP contribution in [0.4, 0.5) is 5.69 Å². The zero-order chi connectivity index (χ0) is 15.8. The van der Waals surface area contributed by atoms with Gasteiger partial charge in [-0.25, -0.2) is 4.79 Å². The van der Waals surface area contributed by atoms with Crippen molar-refractivity contribution in [3.05, 3.63) is 57.3 Å². The maximum atomic E-state index is 11.6. The number of aliphatic imine (C=N–C) groups is 1. The van der Waals surface area contributed by atoms with Gasteiger partial charge in [-0.05, 0) is 23.6 Å². The normalized spacial score (nSPS) is 11.7. The summed E-state index contributed by atoms with van der Waals surface area (Å²) in [6.45, 7) is 0. The van der Waals surface area contributed by atoms with Crippen molar-refractivity contribution in [1.82, 2.24) is 0 Å². The Morgan fingerprint density at radius 1 is 1.17 bits per heavy atom. The minimum atomic E-state index is -0.449. The Morgan fingerprint density at radius 3 is 2.83 bits per heavy atom. The van der Waals surface area contributed by atoms with Gasteiger partial charge in [0, 0.05) is 22.5 Å². The molecule has 0 saturated heterocycles. The number of benzene rings is 1. The lowest BCUT2D eigenvalue weighted by Gasteiger charge is -2.07. The minimum absolute atomic E-state index is 0.334. The Morgan fingerprint density at radius 2 is 2.04 bits per heavy atom. The van der Waals surface area contributed by atoms with Gasteiger partial charge in [0.1, 0.15) is 0 Å². The average molecular weight is 325 g/mol. The highest BCUT2D eigenvalue weighted by molar-refractivity contribution is 7.11. The molecule has 0 unspecified atom stereocenters. The van der Waals surface area contributed by atoms with Crippen molar-refractivity contribution in [2.45, 2.75) is 0 Å². The lowest BCUT2D eigenvalue weighted by atomic mass is 10.1. The van der Waals surface area contributed by atoms with Crippen LogP contribution in [-0.4, -0.2) is 13.3 Å². The number of ether oxygens (including phenoxy) is 1. The minimum Gasteiger partial charge on any atom is -0.490 e. The second-order valence-corrected chi connectivity index (χ2v) is 5.80. The molecule has 0 spiro atoms. The molecule has 4 aromatic rings. The second kappa shape index (κ2) is 5.40. The average Bonchev–Trinajstić information content (AvgIpc) is 3.22. The Bertz CT molecular complexity index is 1070. The molecule has 0 saturated carbocycles. The summed E-state index contributed by atoms with van der Waals surface area (Å²) in [5.41, 5.74) is 1.07. The number of nitrogens with zero attached hydrogens (tertiary/aromatic N) is 1. The molecule has 0 radical (unpaired) electrons. The van der Waals surface area contributed by atoms with E-state index in [1.807, 2.05) is 23.6 Å². The van der Waals surface area contributed by atoms with Gasteiger partial charge in [-0.2, -0.15) is 0 Å². The van der Waals surface area contributed by atoms with Crippen molar-refractivity contribution in [2.24, 2.45) is 4.99 Å². The fourth-order valence-corrected chi connectivity index (χ4v) is 3.09. The van der Waals surface area contributed by atoms with Crippen molar-refractivity contribution in [3.8, 4) is 5.75 Å². The molecule has 6 heteroatoms. The van der Waals surface area contributed by atoms with Crippen LogP contribution in [0.25, 0.3) is 21.9 Å². The molecule has 0 aliphatic carbocycles. The number of hydrogen-bond acceptors (Lipinski definition) is 6. The highest BCUT2D eigenvalue weighted by atomic mass is 32.1. The summed E-state index contributed by atoms with van der Waals surface area (Å²) in [7, 11) is 1.51. The molecule has 3 heterocycles. The SMILES string of the molecule is COc1c2occc2c(N=Cc2cccs2)c2ccc(=O)oc12. The quantitative estimate of drug-likeness (QED) is 0.415. The standard InChI is InChI=1S/C17H11NO4S/c1-20-17-15-12(6-7-21-15)14(18-9-10-3-2-8-23-10)11-4-5-13(19)22-16(11)17/h2-9H,1H3. The molecule has 0 N–H and O–H groups in total. The van der Waals surface area contributed by atoms with Gasteiger partial charge in [0.05, 0.1) is 24.4 Å². The van der Waals surface area contributed by atoms with E-state index in [1.54, 1.807) is 29.9 Å². The summed E-state index contributed by atoms with van der Waals surface area (Å²) in [5, 5.41) is 3.49. The molecule has 0 bridgehead atoms. The van der Waals surface area contributed by atoms with Crippen LogP contribution in [0.3, 0.4) is 0 Å². The molecule has 0 fully saturated rings. The van der Waals surface area contributed by atoms with Gasteiger partial charge >= 0.3 is 5.63 Å². The zero-order valence-corrected chi connectivity index (χ0v) is 12.9. The fraction of sp³-hybridized carbons (Fsp3) is 0.0588. The maximum Gasteiger partial charge on any atom is 0.336 e. The smallest absolute Gasteiger partial charge is 0.336 e. The molecular formula is C17H11NO4S. The first-order valence-corrected chi connectivity index (χ1v) is 7.74. The van der Waals surface area contributed by atoms with E-state index >= 15 is 0 Å². The van der Waals surface area contributed by atoms with Gasteiger partial charge in [-0.15, -0.1) is 11.3 Å². The molecule has 0 aliphatic rings. The van der Waals surface area contributed by atoms with Crippen LogP contribution < -0.4 is 10.4 Å². The number of methoxy groups -OCH3 is 1. The first-order chi connectivity index (χ1) is 11.3. The van der Waals surface area contributed by atoms with Crippen LogP contribution in [-0.2, 0) is 0 Å². The van der Waals surface area contributed by atoms with Crippen LogP contribution in [0, 0.1) is 0 Å². The molecule has 114 valence electrons. The van der Waals surface area contributed by atoms with E-state index in [9.17, 15) is 4.79 Å². The van der Waals surface area contributed by atoms with E-state index in [0.29, 0.717) is 28.0 Å². The van der Waals surface area contributed by atoms with Crippen molar-refractivity contribution in [3.63, 3.8) is 0 Å². The molecule has 23 heavy (non-hydrogen) atoms. The third kappa shape index (κ3) is 2.24. The summed E-state index contributed by atoms with van der Waals surface area (Å²) in [4.78, 5) is 17.2. The van der Waals surface area contributed by atoms with Crippen LogP contribution in [0.5, 0.6) is 5.75 Å². The predicted molar refractivity (Wildman–Crippen MR) is 90.4 cm³/mol. The van der Waals surface area contributed by atoms with Crippen LogP contribution >= 0.6 is 11.3 Å². The topological polar surface area (TPSA) is 64.9 Å². The Balaban J connectivity index is 2.08. The van der Waals surface area contributed by atoms with Gasteiger partial charge in [-0.3, -0.25) is 4.99 Å². The fourth-order valence-electron chi connectivity index (χ4n) is 2.51. The number of thiophene rings is 1. The van der Waals surface area contributed by atoms with Gasteiger partial charge in [0.2, 0.25) is 5.75 Å². The lowest BCUT2D eigenvalue weighted by Crippen LogP contribution is -1.97. The molecule has 1 aromatic carbocycles. The first kappa shape index (κ1) is 13.8. The summed E-state index contributed by atoms with van der Waals surface area (Å²) in [6.07, 6.45) is 3.35. The van der Waals surface area contributed by atoms with Gasteiger partial charge in [0.25, 0.3) is 0 Å². The molecule has 0 aliphatic heterocycles. The number of furan rings is 1. The Labute approximate surface area is 134 Å². The van der Waals surface area contributed by atoms with Crippen molar-refractivity contribution in [1.29, 1.82) is 0 Å². The summed E-state index contributed by atoms with van der Waals surface area (Å²) >= 11 is 1.59. The van der Waals surface area contributed by atoms with Crippen molar-refractivity contribution < 1.29 is 13.6 Å². The molecular weight excluding hydrogens is 314 g/mol. The number of rotatable bonds is 3. The summed E-state index contributed by atoms with van der Waals surface area (Å²) < 4.78 is 16.2. The van der Waals surface area contributed by atoms with Crippen molar-refractivity contribution >= 4 is 45.2 Å². The van der Waals surface area contributed by atoms with E-state index in [4.69, 9.17) is 13.6 Å². The predicted octanol–water partition coefficient (Wildman–Crippen LogP) is 4.36. The van der Waals surface area contributed by atoms with Crippen LogP contribution in [0.2, 0.25) is 0 Å². The highest BCUT2D eigenvalue weighted by Gasteiger charge is 2.18. The molecule has 0 amide bonds. The maximum absolute atomic E-state index is 11.6. The Hall–Kier alpha value is -2.86. The summed E-state index contributed by atoms with van der Waals surface area (Å²) in [5.74, 6) is 0.396. The molecule has 4 rings (SSSR count). The molecule has 3 aromatic heterocycles. The molecule has 5 nitrogen and oxygen atoms in total. The molecule has 0 atom stereocenters. The van der Waals surface area contributed by atoms with E-state index < -0.39 is 5.63 Å². The zero-order valence-electron chi connectivity index (χ0n) is 12.1. The van der Waals surface area contributed by atoms with E-state index in [0.717, 1.165) is 10.3 Å². The third-order valence-electron chi connectivity index (χ3n) is 3.49. The van der Waals surface area contributed by atoms with Gasteiger partial charge in [-0.1, -0.05) is 6.07 Å².